The van der Waals surface area contributed by atoms with Gasteiger partial charge in [0.1, 0.15) is 24.1 Å². The summed E-state index contributed by atoms with van der Waals surface area (Å²) in [5.74, 6) is -2.70. The zero-order valence-corrected chi connectivity index (χ0v) is 18.8. The van der Waals surface area contributed by atoms with Crippen LogP contribution >= 0.6 is 0 Å². The highest BCUT2D eigenvalue weighted by atomic mass is 19.1. The van der Waals surface area contributed by atoms with E-state index < -0.39 is 59.7 Å². The normalized spacial score (nSPS) is 39.2. The minimum atomic E-state index is -0.841. The molecular weight excluding hydrogens is 433 g/mol. The molecule has 0 spiro atoms. The molecule has 1 aliphatic carbocycles. The van der Waals surface area contributed by atoms with Crippen LogP contribution in [-0.4, -0.2) is 73.0 Å². The fourth-order valence-electron chi connectivity index (χ4n) is 5.42. The maximum atomic E-state index is 13.3. The summed E-state index contributed by atoms with van der Waals surface area (Å²) < 4.78 is 36.6. The Labute approximate surface area is 190 Å². The minimum Gasteiger partial charge on any atom is -0.462 e. The fraction of sp³-hybridized carbons (Fsp3) is 0.542. The van der Waals surface area contributed by atoms with Gasteiger partial charge in [0, 0.05) is 12.3 Å². The maximum absolute atomic E-state index is 13.3. The van der Waals surface area contributed by atoms with Crippen molar-refractivity contribution >= 4 is 17.9 Å². The van der Waals surface area contributed by atoms with Crippen LogP contribution in [0.25, 0.3) is 0 Å². The van der Waals surface area contributed by atoms with E-state index in [0.717, 1.165) is 0 Å². The minimum absolute atomic E-state index is 0.188. The van der Waals surface area contributed by atoms with Crippen LogP contribution in [0.15, 0.2) is 35.9 Å². The third-order valence-corrected chi connectivity index (χ3v) is 7.20. The molecule has 4 aliphatic rings. The van der Waals surface area contributed by atoms with Crippen molar-refractivity contribution in [2.24, 2.45) is 11.8 Å². The Hall–Kier alpha value is -2.78. The molecule has 8 atom stereocenters. The topological polar surface area (TPSA) is 94.7 Å². The van der Waals surface area contributed by atoms with Crippen molar-refractivity contribution in [2.45, 2.75) is 56.3 Å². The van der Waals surface area contributed by atoms with Gasteiger partial charge >= 0.3 is 17.9 Å². The molecule has 8 unspecified atom stereocenters. The Bertz CT molecular complexity index is 1040. The van der Waals surface area contributed by atoms with Crippen LogP contribution in [-0.2, 0) is 28.5 Å². The van der Waals surface area contributed by atoms with Crippen LogP contribution in [0.5, 0.6) is 0 Å². The molecule has 0 amide bonds. The third kappa shape index (κ3) is 3.63. The van der Waals surface area contributed by atoms with Crippen LogP contribution in [0.1, 0.15) is 30.6 Å². The molecular formula is C24H26FNO7. The van der Waals surface area contributed by atoms with Gasteiger partial charge in [-0.05, 0) is 51.4 Å². The molecule has 3 aliphatic heterocycles. The average molecular weight is 459 g/mol. The summed E-state index contributed by atoms with van der Waals surface area (Å²) in [6.45, 7) is 3.67. The van der Waals surface area contributed by atoms with E-state index in [-0.39, 0.29) is 17.5 Å². The lowest BCUT2D eigenvalue weighted by Crippen LogP contribution is -2.49. The van der Waals surface area contributed by atoms with E-state index >= 15 is 0 Å². The van der Waals surface area contributed by atoms with Gasteiger partial charge in [-0.2, -0.15) is 0 Å². The molecule has 5 rings (SSSR count). The van der Waals surface area contributed by atoms with Gasteiger partial charge in [0.2, 0.25) is 0 Å². The highest BCUT2D eigenvalue weighted by molar-refractivity contribution is 5.93. The van der Waals surface area contributed by atoms with E-state index in [9.17, 15) is 18.8 Å². The maximum Gasteiger partial charge on any atom is 0.338 e. The van der Waals surface area contributed by atoms with Gasteiger partial charge in [0.15, 0.2) is 6.10 Å². The molecule has 33 heavy (non-hydrogen) atoms. The van der Waals surface area contributed by atoms with Crippen LogP contribution in [0.3, 0.4) is 0 Å². The molecule has 176 valence electrons. The quantitative estimate of drug-likeness (QED) is 0.384. The zero-order chi connectivity index (χ0) is 23.7. The molecule has 0 N–H and O–H groups in total. The second-order valence-corrected chi connectivity index (χ2v) is 9.67. The Morgan fingerprint density at radius 1 is 1.18 bits per heavy atom. The van der Waals surface area contributed by atoms with E-state index in [0.29, 0.717) is 12.0 Å². The van der Waals surface area contributed by atoms with Crippen molar-refractivity contribution in [3.05, 3.63) is 47.3 Å². The van der Waals surface area contributed by atoms with Crippen molar-refractivity contribution < 1.29 is 37.7 Å². The Morgan fingerprint density at radius 3 is 2.55 bits per heavy atom. The van der Waals surface area contributed by atoms with E-state index in [4.69, 9.17) is 18.9 Å². The number of hydrogen-bond acceptors (Lipinski definition) is 8. The van der Waals surface area contributed by atoms with E-state index in [1.807, 2.05) is 6.92 Å². The van der Waals surface area contributed by atoms with Crippen molar-refractivity contribution in [2.75, 3.05) is 14.1 Å². The highest BCUT2D eigenvalue weighted by Crippen LogP contribution is 2.51. The predicted molar refractivity (Wildman–Crippen MR) is 111 cm³/mol. The summed E-state index contributed by atoms with van der Waals surface area (Å²) >= 11 is 0. The number of hydrogen-bond donors (Lipinski definition) is 0. The molecule has 1 aromatic rings. The molecule has 0 aromatic heterocycles. The molecule has 9 heteroatoms. The highest BCUT2D eigenvalue weighted by Gasteiger charge is 2.65. The number of rotatable bonds is 3. The first-order valence-electron chi connectivity index (χ1n) is 11.0. The first-order chi connectivity index (χ1) is 15.6. The lowest BCUT2D eigenvalue weighted by molar-refractivity contribution is -0.144. The Morgan fingerprint density at radius 2 is 1.88 bits per heavy atom. The number of benzene rings is 1. The standard InChI is InChI=1S/C24H26FNO7/c1-11-17-15-9-14(23(29)30-15)18(26(3)4)19(32-22(28)12-5-7-13(25)8-6-12)20-24(2,33-20)10-16(17)31-21(11)27/h5-9,11,15-20H,10H2,1-4H3. The molecule has 0 saturated carbocycles. The lowest BCUT2D eigenvalue weighted by atomic mass is 9.79. The summed E-state index contributed by atoms with van der Waals surface area (Å²) in [6, 6.07) is 4.42. The largest absolute Gasteiger partial charge is 0.462 e. The van der Waals surface area contributed by atoms with Crippen molar-refractivity contribution in [1.29, 1.82) is 0 Å². The molecule has 2 fully saturated rings. The Kier molecular flexibility index (Phi) is 5.10. The summed E-state index contributed by atoms with van der Waals surface area (Å²) in [5, 5.41) is 0. The molecule has 2 bridgehead atoms. The number of halogens is 1. The second kappa shape index (κ2) is 7.63. The first kappa shape index (κ1) is 22.0. The van der Waals surface area contributed by atoms with E-state index in [1.54, 1.807) is 32.0 Å². The Balaban J connectivity index is 1.54. The number of fused-ring (bicyclic) bond motifs is 4. The summed E-state index contributed by atoms with van der Waals surface area (Å²) in [7, 11) is 3.56. The molecule has 0 radical (unpaired) electrons. The van der Waals surface area contributed by atoms with Gasteiger partial charge in [-0.3, -0.25) is 9.69 Å². The molecule has 2 saturated heterocycles. The monoisotopic (exact) mass is 459 g/mol. The number of nitrogens with zero attached hydrogens (tertiary/aromatic N) is 1. The van der Waals surface area contributed by atoms with Gasteiger partial charge in [-0.25, -0.2) is 14.0 Å². The van der Waals surface area contributed by atoms with Crippen molar-refractivity contribution in [3.8, 4) is 0 Å². The molecule has 3 heterocycles. The van der Waals surface area contributed by atoms with Gasteiger partial charge < -0.3 is 18.9 Å². The molecule has 8 nitrogen and oxygen atoms in total. The number of esters is 3. The van der Waals surface area contributed by atoms with Crippen LogP contribution in [0, 0.1) is 17.7 Å². The van der Waals surface area contributed by atoms with Crippen molar-refractivity contribution in [1.82, 2.24) is 4.90 Å². The third-order valence-electron chi connectivity index (χ3n) is 7.20. The number of carbonyl (C=O) groups is 3. The number of epoxide rings is 1. The smallest absolute Gasteiger partial charge is 0.338 e. The van der Waals surface area contributed by atoms with Gasteiger partial charge in [-0.15, -0.1) is 0 Å². The summed E-state index contributed by atoms with van der Waals surface area (Å²) in [6.07, 6.45) is -0.358. The number of carbonyl (C=O) groups excluding carboxylic acids is 3. The average Bonchev–Trinajstić information content (AvgIpc) is 3.14. The SMILES string of the molecule is CC1C(=O)OC2CC3(C)OC3C(OC(=O)c3ccc(F)cc3)C(N(C)C)C3=CC(OC3=O)C21. The van der Waals surface area contributed by atoms with Crippen LogP contribution < -0.4 is 0 Å². The lowest BCUT2D eigenvalue weighted by Gasteiger charge is -2.32. The zero-order valence-electron chi connectivity index (χ0n) is 18.8. The van der Waals surface area contributed by atoms with Crippen LogP contribution in [0.4, 0.5) is 4.39 Å². The summed E-state index contributed by atoms with van der Waals surface area (Å²) in [4.78, 5) is 40.0. The van der Waals surface area contributed by atoms with Gasteiger partial charge in [0.05, 0.1) is 28.7 Å². The summed E-state index contributed by atoms with van der Waals surface area (Å²) in [5.41, 5.74) is -0.171. The van der Waals surface area contributed by atoms with E-state index in [1.165, 1.54) is 24.3 Å². The van der Waals surface area contributed by atoms with Gasteiger partial charge in [-0.1, -0.05) is 6.92 Å². The van der Waals surface area contributed by atoms with Gasteiger partial charge in [0.25, 0.3) is 0 Å². The first-order valence-corrected chi connectivity index (χ1v) is 11.0. The van der Waals surface area contributed by atoms with Crippen LogP contribution in [0.2, 0.25) is 0 Å². The number of ether oxygens (including phenoxy) is 4. The predicted octanol–water partition coefficient (Wildman–Crippen LogP) is 1.87. The fourth-order valence-corrected chi connectivity index (χ4v) is 5.42. The second-order valence-electron chi connectivity index (χ2n) is 9.67. The van der Waals surface area contributed by atoms with E-state index in [2.05, 4.69) is 0 Å². The number of likely N-dealkylation sites (N-methyl/N-ethyl adjacent to an activating group) is 1. The molecule has 1 aromatic carbocycles. The van der Waals surface area contributed by atoms with Crippen molar-refractivity contribution in [3.63, 3.8) is 0 Å².